The zero-order valence-electron chi connectivity index (χ0n) is 15.3. The summed E-state index contributed by atoms with van der Waals surface area (Å²) in [6.45, 7) is 9.73. The summed E-state index contributed by atoms with van der Waals surface area (Å²) in [6, 6.07) is 14.3. The molecule has 5 heteroatoms. The van der Waals surface area contributed by atoms with E-state index in [0.717, 1.165) is 5.57 Å². The highest BCUT2D eigenvalue weighted by Gasteiger charge is 2.10. The first kappa shape index (κ1) is 19.5. The summed E-state index contributed by atoms with van der Waals surface area (Å²) < 4.78 is 16.4. The number of benzene rings is 2. The summed E-state index contributed by atoms with van der Waals surface area (Å²) in [5, 5.41) is 2.88. The average Bonchev–Trinajstić information content (AvgIpc) is 2.65. The Balaban J connectivity index is 1.96. The molecule has 0 saturated heterocycles. The van der Waals surface area contributed by atoms with Crippen LogP contribution in [-0.2, 0) is 4.74 Å². The van der Waals surface area contributed by atoms with Crippen LogP contribution in [0.3, 0.4) is 0 Å². The van der Waals surface area contributed by atoms with Crippen molar-refractivity contribution in [1.29, 1.82) is 0 Å². The molecule has 0 unspecified atom stereocenters. The van der Waals surface area contributed by atoms with E-state index in [0.29, 0.717) is 49.2 Å². The van der Waals surface area contributed by atoms with Crippen LogP contribution < -0.4 is 14.8 Å². The molecule has 138 valence electrons. The Morgan fingerprint density at radius 2 is 1.77 bits per heavy atom. The predicted octanol–water partition coefficient (Wildman–Crippen LogP) is 4.31. The van der Waals surface area contributed by atoms with Crippen LogP contribution in [0.1, 0.15) is 24.2 Å². The lowest BCUT2D eigenvalue weighted by atomic mass is 10.2. The normalized spacial score (nSPS) is 10.2. The molecule has 0 aliphatic carbocycles. The molecule has 0 atom stereocenters. The summed E-state index contributed by atoms with van der Waals surface area (Å²) >= 11 is 0. The summed E-state index contributed by atoms with van der Waals surface area (Å²) in [5.74, 6) is 1.10. The highest BCUT2D eigenvalue weighted by atomic mass is 16.5. The molecule has 0 aliphatic rings. The molecule has 0 fully saturated rings. The van der Waals surface area contributed by atoms with E-state index in [1.807, 2.05) is 32.0 Å². The number of carbonyl (C=O) groups is 1. The molecule has 2 aromatic carbocycles. The van der Waals surface area contributed by atoms with Crippen LogP contribution in [0.25, 0.3) is 0 Å². The van der Waals surface area contributed by atoms with E-state index in [2.05, 4.69) is 11.9 Å². The molecule has 0 saturated carbocycles. The lowest BCUT2D eigenvalue weighted by Crippen LogP contribution is -2.13. The van der Waals surface area contributed by atoms with E-state index >= 15 is 0 Å². The van der Waals surface area contributed by atoms with Gasteiger partial charge in [0.1, 0.15) is 24.7 Å². The Morgan fingerprint density at radius 3 is 2.46 bits per heavy atom. The molecule has 0 heterocycles. The summed E-state index contributed by atoms with van der Waals surface area (Å²) in [5.41, 5.74) is 2.07. The van der Waals surface area contributed by atoms with Gasteiger partial charge in [-0.3, -0.25) is 4.79 Å². The van der Waals surface area contributed by atoms with Gasteiger partial charge in [-0.2, -0.15) is 0 Å². The van der Waals surface area contributed by atoms with Crippen molar-refractivity contribution in [3.8, 4) is 11.5 Å². The molecule has 1 N–H and O–H groups in total. The average molecular weight is 355 g/mol. The predicted molar refractivity (Wildman–Crippen MR) is 103 cm³/mol. The van der Waals surface area contributed by atoms with Gasteiger partial charge in [-0.15, -0.1) is 0 Å². The number of para-hydroxylation sites is 2. The molecule has 0 aliphatic heterocycles. The number of nitrogens with one attached hydrogen (secondary N) is 1. The van der Waals surface area contributed by atoms with Gasteiger partial charge >= 0.3 is 0 Å². The maximum atomic E-state index is 12.5. The minimum Gasteiger partial charge on any atom is -0.491 e. The van der Waals surface area contributed by atoms with Gasteiger partial charge in [-0.05, 0) is 55.8 Å². The van der Waals surface area contributed by atoms with Crippen molar-refractivity contribution in [1.82, 2.24) is 0 Å². The van der Waals surface area contributed by atoms with Crippen molar-refractivity contribution in [2.24, 2.45) is 0 Å². The monoisotopic (exact) mass is 355 g/mol. The summed E-state index contributed by atoms with van der Waals surface area (Å²) in [6.07, 6.45) is 0. The van der Waals surface area contributed by atoms with Crippen molar-refractivity contribution >= 4 is 11.6 Å². The van der Waals surface area contributed by atoms with E-state index in [1.54, 1.807) is 30.3 Å². The maximum Gasteiger partial charge on any atom is 0.255 e. The number of rotatable bonds is 10. The van der Waals surface area contributed by atoms with Crippen molar-refractivity contribution in [3.63, 3.8) is 0 Å². The van der Waals surface area contributed by atoms with Crippen molar-refractivity contribution in [2.75, 3.05) is 31.7 Å². The number of carbonyl (C=O) groups excluding carboxylic acids is 1. The molecule has 2 rings (SSSR count). The third-order valence-corrected chi connectivity index (χ3v) is 3.43. The number of hydrogen-bond acceptors (Lipinski definition) is 4. The first-order valence-electron chi connectivity index (χ1n) is 8.58. The second-order valence-corrected chi connectivity index (χ2v) is 5.77. The van der Waals surface area contributed by atoms with E-state index in [-0.39, 0.29) is 5.91 Å². The molecule has 0 bridgehead atoms. The van der Waals surface area contributed by atoms with E-state index < -0.39 is 0 Å². The molecule has 0 aromatic heterocycles. The Bertz CT molecular complexity index is 725. The highest BCUT2D eigenvalue weighted by Crippen LogP contribution is 2.25. The Hall–Kier alpha value is -2.79. The van der Waals surface area contributed by atoms with Gasteiger partial charge in [0.15, 0.2) is 0 Å². The third-order valence-electron chi connectivity index (χ3n) is 3.43. The number of ether oxygens (including phenoxy) is 3. The molecule has 1 amide bonds. The van der Waals surface area contributed by atoms with Gasteiger partial charge < -0.3 is 19.5 Å². The second kappa shape index (κ2) is 10.3. The molecular weight excluding hydrogens is 330 g/mol. The highest BCUT2D eigenvalue weighted by molar-refractivity contribution is 6.05. The fourth-order valence-electron chi connectivity index (χ4n) is 2.16. The topological polar surface area (TPSA) is 56.8 Å². The van der Waals surface area contributed by atoms with E-state index in [1.165, 1.54) is 0 Å². The van der Waals surface area contributed by atoms with Crippen LogP contribution in [0, 0.1) is 0 Å². The van der Waals surface area contributed by atoms with Gasteiger partial charge in [-0.1, -0.05) is 18.7 Å². The number of amides is 1. The summed E-state index contributed by atoms with van der Waals surface area (Å²) in [4.78, 5) is 12.5. The van der Waals surface area contributed by atoms with Gasteiger partial charge in [-0.25, -0.2) is 0 Å². The van der Waals surface area contributed by atoms with Crippen molar-refractivity contribution < 1.29 is 19.0 Å². The number of hydrogen-bond donors (Lipinski definition) is 1. The lowest BCUT2D eigenvalue weighted by Gasteiger charge is -2.12. The molecule has 5 nitrogen and oxygen atoms in total. The van der Waals surface area contributed by atoms with Gasteiger partial charge in [0, 0.05) is 12.2 Å². The van der Waals surface area contributed by atoms with Crippen LogP contribution in [0.2, 0.25) is 0 Å². The van der Waals surface area contributed by atoms with Gasteiger partial charge in [0.05, 0.1) is 12.3 Å². The quantitative estimate of drug-likeness (QED) is 0.510. The maximum absolute atomic E-state index is 12.5. The minimum atomic E-state index is -0.211. The molecule has 2 aromatic rings. The first-order chi connectivity index (χ1) is 12.6. The Kier molecular flexibility index (Phi) is 7.71. The van der Waals surface area contributed by atoms with Gasteiger partial charge in [0.2, 0.25) is 0 Å². The zero-order chi connectivity index (χ0) is 18.8. The SMILES string of the molecule is C=C(C)COc1ccccc1NC(=O)c1ccc(OCCOCC)cc1. The van der Waals surface area contributed by atoms with Crippen LogP contribution in [0.15, 0.2) is 60.7 Å². The summed E-state index contributed by atoms with van der Waals surface area (Å²) in [7, 11) is 0. The fraction of sp³-hybridized carbons (Fsp3) is 0.286. The molecule has 26 heavy (non-hydrogen) atoms. The first-order valence-corrected chi connectivity index (χ1v) is 8.58. The van der Waals surface area contributed by atoms with Crippen molar-refractivity contribution in [3.05, 3.63) is 66.2 Å². The largest absolute Gasteiger partial charge is 0.491 e. The molecule has 0 radical (unpaired) electrons. The van der Waals surface area contributed by atoms with Crippen LogP contribution in [-0.4, -0.2) is 32.3 Å². The van der Waals surface area contributed by atoms with Crippen LogP contribution >= 0.6 is 0 Å². The molecular formula is C21H25NO4. The lowest BCUT2D eigenvalue weighted by molar-refractivity contribution is 0.102. The van der Waals surface area contributed by atoms with E-state index in [4.69, 9.17) is 14.2 Å². The third kappa shape index (κ3) is 6.26. The zero-order valence-corrected chi connectivity index (χ0v) is 15.3. The minimum absolute atomic E-state index is 0.211. The van der Waals surface area contributed by atoms with Crippen LogP contribution in [0.4, 0.5) is 5.69 Å². The molecule has 0 spiro atoms. The Morgan fingerprint density at radius 1 is 1.04 bits per heavy atom. The second-order valence-electron chi connectivity index (χ2n) is 5.77. The van der Waals surface area contributed by atoms with Crippen LogP contribution in [0.5, 0.6) is 11.5 Å². The number of anilines is 1. The van der Waals surface area contributed by atoms with Crippen molar-refractivity contribution in [2.45, 2.75) is 13.8 Å². The van der Waals surface area contributed by atoms with Gasteiger partial charge in [0.25, 0.3) is 5.91 Å². The Labute approximate surface area is 154 Å². The smallest absolute Gasteiger partial charge is 0.255 e. The standard InChI is InChI=1S/C21H25NO4/c1-4-24-13-14-25-18-11-9-17(10-12-18)21(23)22-19-7-5-6-8-20(19)26-15-16(2)3/h5-12H,2,4,13-15H2,1,3H3,(H,22,23). The van der Waals surface area contributed by atoms with E-state index in [9.17, 15) is 4.79 Å². The fourth-order valence-corrected chi connectivity index (χ4v) is 2.16.